The maximum absolute atomic E-state index is 12.6. The summed E-state index contributed by atoms with van der Waals surface area (Å²) in [6.07, 6.45) is 8.45. The Morgan fingerprint density at radius 2 is 1.71 bits per heavy atom. The zero-order chi connectivity index (χ0) is 26.1. The second-order valence-corrected chi connectivity index (χ2v) is 14.6. The number of hydrogen-bond donors (Lipinski definition) is 2. The van der Waals surface area contributed by atoms with Gasteiger partial charge in [-0.2, -0.15) is 0 Å². The third kappa shape index (κ3) is 3.80. The third-order valence-electron chi connectivity index (χ3n) is 12.7. The highest BCUT2D eigenvalue weighted by Crippen LogP contribution is 2.72. The fourth-order valence-corrected chi connectivity index (χ4v) is 9.77. The first-order chi connectivity index (χ1) is 16.1. The standard InChI is InChI=1S/C32H52O3/c1-19(2)20(3)10-11-22(28(34)35)27-25(33)18-32(9)24-12-13-26-29(5,6)21(4)14-16-30(26,7)23(24)15-17-31(27,32)8/h19,21-22,25-27,33H,3,10-18H2,1-2,4-9H3,(H,34,35)/t21-,22+,25+,26-,27?,30+,31+,32-/m0/s1. The molecule has 4 rings (SSSR count). The van der Waals surface area contributed by atoms with E-state index in [2.05, 4.69) is 62.0 Å². The predicted molar refractivity (Wildman–Crippen MR) is 144 cm³/mol. The second-order valence-electron chi connectivity index (χ2n) is 14.6. The number of aliphatic hydroxyl groups is 1. The van der Waals surface area contributed by atoms with E-state index in [0.717, 1.165) is 37.2 Å². The highest BCUT2D eigenvalue weighted by molar-refractivity contribution is 5.71. The molecule has 4 aliphatic carbocycles. The van der Waals surface area contributed by atoms with Crippen molar-refractivity contribution in [1.29, 1.82) is 0 Å². The van der Waals surface area contributed by atoms with Gasteiger partial charge in [-0.05, 0) is 97.2 Å². The summed E-state index contributed by atoms with van der Waals surface area (Å²) in [5.74, 6) is 0.362. The Balaban J connectivity index is 1.71. The summed E-state index contributed by atoms with van der Waals surface area (Å²) >= 11 is 0. The molecule has 0 spiro atoms. The van der Waals surface area contributed by atoms with Gasteiger partial charge in [0.2, 0.25) is 0 Å². The van der Waals surface area contributed by atoms with Crippen molar-refractivity contribution in [2.45, 2.75) is 119 Å². The van der Waals surface area contributed by atoms with Crippen LogP contribution >= 0.6 is 0 Å². The van der Waals surface area contributed by atoms with Crippen LogP contribution in [-0.2, 0) is 4.79 Å². The molecular weight excluding hydrogens is 432 g/mol. The third-order valence-corrected chi connectivity index (χ3v) is 12.7. The first kappa shape index (κ1) is 27.0. The van der Waals surface area contributed by atoms with Gasteiger partial charge in [-0.3, -0.25) is 4.79 Å². The summed E-state index contributed by atoms with van der Waals surface area (Å²) in [4.78, 5) is 12.6. The average Bonchev–Trinajstić information content (AvgIpc) is 2.97. The van der Waals surface area contributed by atoms with Gasteiger partial charge in [-0.15, -0.1) is 0 Å². The van der Waals surface area contributed by atoms with Crippen LogP contribution in [-0.4, -0.2) is 22.3 Å². The molecule has 2 saturated carbocycles. The molecule has 0 amide bonds. The first-order valence-electron chi connectivity index (χ1n) is 14.4. The van der Waals surface area contributed by atoms with Gasteiger partial charge in [0.1, 0.15) is 0 Å². The highest BCUT2D eigenvalue weighted by atomic mass is 16.4. The SMILES string of the molecule is C=C(CC[C@@H](C(=O)O)C1[C@H](O)C[C@@]2(C)C3=C(CC[C@]12C)[C@@]1(C)CC[C@H](C)C(C)(C)[C@@H]1CC3)C(C)C. The number of allylic oxidation sites excluding steroid dienone is 3. The molecule has 0 radical (unpaired) electrons. The van der Waals surface area contributed by atoms with E-state index in [1.165, 1.54) is 19.3 Å². The number of rotatable bonds is 6. The molecule has 198 valence electrons. The molecule has 4 aliphatic rings. The molecule has 0 aromatic carbocycles. The lowest BCUT2D eigenvalue weighted by molar-refractivity contribution is -0.149. The summed E-state index contributed by atoms with van der Waals surface area (Å²) in [5, 5.41) is 21.9. The average molecular weight is 485 g/mol. The Morgan fingerprint density at radius 3 is 2.31 bits per heavy atom. The van der Waals surface area contributed by atoms with Crippen LogP contribution in [0.5, 0.6) is 0 Å². The number of fused-ring (bicyclic) bond motifs is 4. The molecule has 3 heteroatoms. The topological polar surface area (TPSA) is 57.5 Å². The summed E-state index contributed by atoms with van der Waals surface area (Å²) in [5.41, 5.74) is 4.71. The van der Waals surface area contributed by atoms with E-state index >= 15 is 0 Å². The minimum absolute atomic E-state index is 0.116. The van der Waals surface area contributed by atoms with Crippen molar-refractivity contribution in [3.8, 4) is 0 Å². The lowest BCUT2D eigenvalue weighted by Crippen LogP contribution is -2.53. The van der Waals surface area contributed by atoms with E-state index in [9.17, 15) is 15.0 Å². The van der Waals surface area contributed by atoms with Crippen LogP contribution in [0.15, 0.2) is 23.3 Å². The van der Waals surface area contributed by atoms with Crippen molar-refractivity contribution in [1.82, 2.24) is 0 Å². The Morgan fingerprint density at radius 1 is 1.06 bits per heavy atom. The molecule has 1 unspecified atom stereocenters. The van der Waals surface area contributed by atoms with Crippen molar-refractivity contribution in [2.24, 2.45) is 51.2 Å². The molecule has 0 aromatic rings. The van der Waals surface area contributed by atoms with Gasteiger partial charge in [0.05, 0.1) is 12.0 Å². The minimum Gasteiger partial charge on any atom is -0.481 e. The van der Waals surface area contributed by atoms with E-state index in [0.29, 0.717) is 30.1 Å². The van der Waals surface area contributed by atoms with Crippen LogP contribution in [0, 0.1) is 51.2 Å². The van der Waals surface area contributed by atoms with Crippen molar-refractivity contribution in [3.63, 3.8) is 0 Å². The molecule has 0 aromatic heterocycles. The van der Waals surface area contributed by atoms with E-state index in [-0.39, 0.29) is 22.2 Å². The fourth-order valence-electron chi connectivity index (χ4n) is 9.77. The smallest absolute Gasteiger partial charge is 0.306 e. The van der Waals surface area contributed by atoms with Crippen LogP contribution in [0.4, 0.5) is 0 Å². The van der Waals surface area contributed by atoms with Gasteiger partial charge in [0.15, 0.2) is 0 Å². The molecular formula is C32H52O3. The number of aliphatic carboxylic acids is 1. The molecule has 0 saturated heterocycles. The highest BCUT2D eigenvalue weighted by Gasteiger charge is 2.66. The monoisotopic (exact) mass is 484 g/mol. The van der Waals surface area contributed by atoms with Gasteiger partial charge in [-0.1, -0.05) is 78.7 Å². The molecule has 0 aliphatic heterocycles. The van der Waals surface area contributed by atoms with Gasteiger partial charge in [-0.25, -0.2) is 0 Å². The van der Waals surface area contributed by atoms with Crippen molar-refractivity contribution >= 4 is 5.97 Å². The maximum atomic E-state index is 12.6. The number of hydrogen-bond acceptors (Lipinski definition) is 2. The van der Waals surface area contributed by atoms with Crippen molar-refractivity contribution in [3.05, 3.63) is 23.3 Å². The van der Waals surface area contributed by atoms with Gasteiger partial charge < -0.3 is 10.2 Å². The Bertz CT molecular complexity index is 912. The fraction of sp³-hybridized carbons (Fsp3) is 0.844. The summed E-state index contributed by atoms with van der Waals surface area (Å²) in [6.45, 7) is 23.1. The van der Waals surface area contributed by atoms with Gasteiger partial charge >= 0.3 is 5.97 Å². The van der Waals surface area contributed by atoms with E-state index in [4.69, 9.17) is 0 Å². The van der Waals surface area contributed by atoms with Crippen molar-refractivity contribution in [2.75, 3.05) is 0 Å². The van der Waals surface area contributed by atoms with Crippen LogP contribution < -0.4 is 0 Å². The molecule has 0 heterocycles. The van der Waals surface area contributed by atoms with Crippen LogP contribution in [0.25, 0.3) is 0 Å². The molecule has 35 heavy (non-hydrogen) atoms. The van der Waals surface area contributed by atoms with Crippen molar-refractivity contribution < 1.29 is 15.0 Å². The molecule has 8 atom stereocenters. The van der Waals surface area contributed by atoms with Crippen LogP contribution in [0.1, 0.15) is 113 Å². The summed E-state index contributed by atoms with van der Waals surface area (Å²) < 4.78 is 0. The molecule has 3 nitrogen and oxygen atoms in total. The molecule has 0 bridgehead atoms. The normalized spacial score (nSPS) is 43.4. The largest absolute Gasteiger partial charge is 0.481 e. The Hall–Kier alpha value is -1.09. The van der Waals surface area contributed by atoms with E-state index in [1.54, 1.807) is 11.1 Å². The summed E-state index contributed by atoms with van der Waals surface area (Å²) in [6, 6.07) is 0. The van der Waals surface area contributed by atoms with E-state index in [1.807, 2.05) is 0 Å². The molecule has 2 fully saturated rings. The number of aliphatic hydroxyl groups excluding tert-OH is 1. The van der Waals surface area contributed by atoms with Gasteiger partial charge in [0, 0.05) is 5.92 Å². The number of carboxylic acids is 1. The lowest BCUT2D eigenvalue weighted by atomic mass is 9.42. The van der Waals surface area contributed by atoms with Crippen LogP contribution in [0.3, 0.4) is 0 Å². The maximum Gasteiger partial charge on any atom is 0.306 e. The quantitative estimate of drug-likeness (QED) is 0.375. The number of carboxylic acid groups (broad SMARTS) is 1. The lowest BCUT2D eigenvalue weighted by Gasteiger charge is -2.62. The first-order valence-corrected chi connectivity index (χ1v) is 14.4. The van der Waals surface area contributed by atoms with E-state index < -0.39 is 18.0 Å². The summed E-state index contributed by atoms with van der Waals surface area (Å²) in [7, 11) is 0. The predicted octanol–water partition coefficient (Wildman–Crippen LogP) is 8.04. The molecule has 2 N–H and O–H groups in total. The zero-order valence-electron chi connectivity index (χ0n) is 23.8. The van der Waals surface area contributed by atoms with Crippen LogP contribution in [0.2, 0.25) is 0 Å². The minimum atomic E-state index is -0.741. The number of carbonyl (C=O) groups is 1. The zero-order valence-corrected chi connectivity index (χ0v) is 23.8. The Kier molecular flexibility index (Phi) is 6.73. The van der Waals surface area contributed by atoms with Gasteiger partial charge in [0.25, 0.3) is 0 Å². The second kappa shape index (κ2) is 8.74. The Labute approximate surface area is 214 Å².